The highest BCUT2D eigenvalue weighted by molar-refractivity contribution is 8.00. The molecule has 86 valence electrons. The Labute approximate surface area is 95.3 Å². The van der Waals surface area contributed by atoms with Gasteiger partial charge >= 0.3 is 5.97 Å². The fourth-order valence-corrected chi connectivity index (χ4v) is 2.50. The Balaban J connectivity index is 2.18. The van der Waals surface area contributed by atoms with Crippen molar-refractivity contribution < 1.29 is 9.90 Å². The third kappa shape index (κ3) is 2.54. The molecule has 1 heterocycles. The first-order valence-electron chi connectivity index (χ1n) is 4.82. The highest BCUT2D eigenvalue weighted by Crippen LogP contribution is 2.40. The Morgan fingerprint density at radius 1 is 1.69 bits per heavy atom. The number of aromatic nitrogens is 2. The molecule has 1 unspecified atom stereocenters. The minimum Gasteiger partial charge on any atom is -0.480 e. The molecule has 1 fully saturated rings. The fourth-order valence-electron chi connectivity index (χ4n) is 1.38. The van der Waals surface area contributed by atoms with Gasteiger partial charge in [0.1, 0.15) is 11.1 Å². The number of hydrogen-bond acceptors (Lipinski definition) is 5. The number of carboxylic acids is 1. The van der Waals surface area contributed by atoms with Gasteiger partial charge in [-0.2, -0.15) is 0 Å². The topological polar surface area (TPSA) is 109 Å². The second kappa shape index (κ2) is 4.17. The van der Waals surface area contributed by atoms with Crippen LogP contribution in [-0.4, -0.2) is 26.3 Å². The molecule has 4 N–H and O–H groups in total. The summed E-state index contributed by atoms with van der Waals surface area (Å²) in [4.78, 5) is 28.5. The number of aliphatic carboxylic acids is 1. The molecule has 0 saturated heterocycles. The summed E-state index contributed by atoms with van der Waals surface area (Å²) < 4.78 is 0. The van der Waals surface area contributed by atoms with Gasteiger partial charge in [-0.25, -0.2) is 4.98 Å². The van der Waals surface area contributed by atoms with Crippen LogP contribution in [0.5, 0.6) is 0 Å². The normalized spacial score (nSPS) is 17.0. The van der Waals surface area contributed by atoms with Crippen molar-refractivity contribution >= 4 is 23.5 Å². The number of nitrogens with zero attached hydrogens (tertiary/aromatic N) is 1. The molecule has 1 aliphatic rings. The van der Waals surface area contributed by atoms with E-state index >= 15 is 0 Å². The van der Waals surface area contributed by atoms with Gasteiger partial charge in [-0.1, -0.05) is 11.8 Å². The second-order valence-electron chi connectivity index (χ2n) is 3.69. The first-order valence-corrected chi connectivity index (χ1v) is 5.70. The number of thioether (sulfide) groups is 1. The maximum absolute atomic E-state index is 11.1. The van der Waals surface area contributed by atoms with E-state index in [1.54, 1.807) is 0 Å². The van der Waals surface area contributed by atoms with Crippen molar-refractivity contribution in [3.05, 3.63) is 16.4 Å². The first kappa shape index (κ1) is 11.0. The SMILES string of the molecule is Nc1cc(=O)[nH]c(SC(C(=O)O)C2CC2)n1. The number of carboxylic acid groups (broad SMARTS) is 1. The number of nitrogens with one attached hydrogen (secondary N) is 1. The van der Waals surface area contributed by atoms with Gasteiger partial charge < -0.3 is 15.8 Å². The van der Waals surface area contributed by atoms with E-state index in [1.165, 1.54) is 0 Å². The van der Waals surface area contributed by atoms with Crippen LogP contribution in [0.2, 0.25) is 0 Å². The van der Waals surface area contributed by atoms with E-state index in [1.807, 2.05) is 0 Å². The summed E-state index contributed by atoms with van der Waals surface area (Å²) in [6, 6.07) is 1.16. The summed E-state index contributed by atoms with van der Waals surface area (Å²) in [5, 5.41) is 8.73. The van der Waals surface area contributed by atoms with Crippen molar-refractivity contribution in [3.63, 3.8) is 0 Å². The number of rotatable bonds is 4. The quantitative estimate of drug-likeness (QED) is 0.517. The van der Waals surface area contributed by atoms with Crippen LogP contribution in [0.15, 0.2) is 16.0 Å². The highest BCUT2D eigenvalue weighted by Gasteiger charge is 2.37. The number of carbonyl (C=O) groups is 1. The van der Waals surface area contributed by atoms with Gasteiger partial charge in [0.2, 0.25) is 0 Å². The van der Waals surface area contributed by atoms with E-state index in [0.29, 0.717) is 0 Å². The van der Waals surface area contributed by atoms with Gasteiger partial charge in [-0.05, 0) is 18.8 Å². The van der Waals surface area contributed by atoms with Crippen LogP contribution in [0.4, 0.5) is 5.82 Å². The Morgan fingerprint density at radius 2 is 2.38 bits per heavy atom. The summed E-state index contributed by atoms with van der Waals surface area (Å²) >= 11 is 1.05. The van der Waals surface area contributed by atoms with Crippen LogP contribution < -0.4 is 11.3 Å². The van der Waals surface area contributed by atoms with Crippen molar-refractivity contribution in [3.8, 4) is 0 Å². The van der Waals surface area contributed by atoms with Crippen LogP contribution >= 0.6 is 11.8 Å². The van der Waals surface area contributed by atoms with Crippen LogP contribution in [0, 0.1) is 5.92 Å². The molecule has 0 spiro atoms. The number of nitrogen functional groups attached to an aromatic ring is 1. The van der Waals surface area contributed by atoms with E-state index in [-0.39, 0.29) is 22.5 Å². The zero-order valence-corrected chi connectivity index (χ0v) is 9.16. The summed E-state index contributed by atoms with van der Waals surface area (Å²) in [5.41, 5.74) is 5.05. The molecule has 0 aromatic carbocycles. The molecular formula is C9H11N3O3S. The maximum atomic E-state index is 11.1. The van der Waals surface area contributed by atoms with Crippen molar-refractivity contribution in [1.82, 2.24) is 9.97 Å². The van der Waals surface area contributed by atoms with E-state index < -0.39 is 11.2 Å². The average Bonchev–Trinajstić information content (AvgIpc) is 2.95. The molecular weight excluding hydrogens is 230 g/mol. The summed E-state index contributed by atoms with van der Waals surface area (Å²) in [5.74, 6) is -0.599. The predicted molar refractivity (Wildman–Crippen MR) is 59.3 cm³/mol. The third-order valence-corrected chi connectivity index (χ3v) is 3.53. The molecule has 1 aliphatic carbocycles. The van der Waals surface area contributed by atoms with Gasteiger partial charge in [0.15, 0.2) is 5.16 Å². The fraction of sp³-hybridized carbons (Fsp3) is 0.444. The van der Waals surface area contributed by atoms with E-state index in [2.05, 4.69) is 9.97 Å². The molecule has 0 bridgehead atoms. The minimum atomic E-state index is -0.877. The molecule has 0 radical (unpaired) electrons. The lowest BCUT2D eigenvalue weighted by Crippen LogP contribution is -2.20. The molecule has 1 aromatic rings. The minimum absolute atomic E-state index is 0.103. The Morgan fingerprint density at radius 3 is 2.88 bits per heavy atom. The predicted octanol–water partition coefficient (Wildman–Crippen LogP) is 0.307. The van der Waals surface area contributed by atoms with Crippen LogP contribution in [0.1, 0.15) is 12.8 Å². The molecule has 16 heavy (non-hydrogen) atoms. The zero-order valence-electron chi connectivity index (χ0n) is 8.34. The van der Waals surface area contributed by atoms with E-state index in [4.69, 9.17) is 10.8 Å². The van der Waals surface area contributed by atoms with Gasteiger partial charge in [-0.15, -0.1) is 0 Å². The second-order valence-corrected chi connectivity index (χ2v) is 4.82. The largest absolute Gasteiger partial charge is 0.480 e. The van der Waals surface area contributed by atoms with Crippen molar-refractivity contribution in [2.75, 3.05) is 5.73 Å². The van der Waals surface area contributed by atoms with Crippen molar-refractivity contribution in [2.45, 2.75) is 23.2 Å². The smallest absolute Gasteiger partial charge is 0.317 e. The first-order chi connectivity index (χ1) is 7.56. The summed E-state index contributed by atoms with van der Waals surface area (Å²) in [6.07, 6.45) is 1.83. The van der Waals surface area contributed by atoms with E-state index in [0.717, 1.165) is 30.7 Å². The van der Waals surface area contributed by atoms with Crippen LogP contribution in [0.25, 0.3) is 0 Å². The third-order valence-electron chi connectivity index (χ3n) is 2.27. The molecule has 7 heteroatoms. The summed E-state index contributed by atoms with van der Waals surface area (Å²) in [7, 11) is 0. The van der Waals surface area contributed by atoms with Crippen LogP contribution in [0.3, 0.4) is 0 Å². The Bertz CT molecular complexity index is 469. The molecule has 6 nitrogen and oxygen atoms in total. The molecule has 1 saturated carbocycles. The number of hydrogen-bond donors (Lipinski definition) is 3. The number of H-pyrrole nitrogens is 1. The number of nitrogens with two attached hydrogens (primary N) is 1. The summed E-state index contributed by atoms with van der Waals surface area (Å²) in [6.45, 7) is 0. The van der Waals surface area contributed by atoms with Crippen molar-refractivity contribution in [2.24, 2.45) is 5.92 Å². The molecule has 2 rings (SSSR count). The maximum Gasteiger partial charge on any atom is 0.317 e. The molecule has 1 atom stereocenters. The van der Waals surface area contributed by atoms with Crippen LogP contribution in [-0.2, 0) is 4.79 Å². The number of aromatic amines is 1. The zero-order chi connectivity index (χ0) is 11.7. The molecule has 0 aliphatic heterocycles. The molecule has 0 amide bonds. The highest BCUT2D eigenvalue weighted by atomic mass is 32.2. The lowest BCUT2D eigenvalue weighted by molar-refractivity contribution is -0.136. The Hall–Kier alpha value is -1.50. The van der Waals surface area contributed by atoms with Gasteiger partial charge in [0.25, 0.3) is 5.56 Å². The van der Waals surface area contributed by atoms with Crippen molar-refractivity contribution in [1.29, 1.82) is 0 Å². The van der Waals surface area contributed by atoms with Gasteiger partial charge in [-0.3, -0.25) is 9.59 Å². The van der Waals surface area contributed by atoms with E-state index in [9.17, 15) is 9.59 Å². The Kier molecular flexibility index (Phi) is 2.86. The standard InChI is InChI=1S/C9H11N3O3S/c10-5-3-6(13)12-9(11-5)16-7(8(14)15)4-1-2-4/h3-4,7H,1-2H2,(H,14,15)(H3,10,11,12,13). The molecule has 1 aromatic heterocycles. The monoisotopic (exact) mass is 241 g/mol. The van der Waals surface area contributed by atoms with Gasteiger partial charge in [0, 0.05) is 6.07 Å². The lowest BCUT2D eigenvalue weighted by Gasteiger charge is -2.09. The van der Waals surface area contributed by atoms with Gasteiger partial charge in [0.05, 0.1) is 0 Å². The average molecular weight is 241 g/mol. The number of anilines is 1. The lowest BCUT2D eigenvalue weighted by atomic mass is 10.3.